The zero-order chi connectivity index (χ0) is 12.3. The van der Waals surface area contributed by atoms with E-state index in [0.29, 0.717) is 18.0 Å². The first kappa shape index (κ1) is 12.9. The van der Waals surface area contributed by atoms with E-state index in [-0.39, 0.29) is 10.1 Å². The van der Waals surface area contributed by atoms with Crippen molar-refractivity contribution in [2.24, 2.45) is 0 Å². The van der Waals surface area contributed by atoms with E-state index < -0.39 is 9.84 Å². The summed E-state index contributed by atoms with van der Waals surface area (Å²) >= 11 is 5.97. The van der Waals surface area contributed by atoms with Gasteiger partial charge in [-0.3, -0.25) is 0 Å². The molecule has 2 rings (SSSR count). The average molecular weight is 274 g/mol. The molecule has 0 spiro atoms. The van der Waals surface area contributed by atoms with Gasteiger partial charge in [-0.1, -0.05) is 30.2 Å². The molecule has 94 valence electrons. The maximum Gasteiger partial charge on any atom is 0.183 e. The van der Waals surface area contributed by atoms with Gasteiger partial charge in [0.05, 0.1) is 15.2 Å². The lowest BCUT2D eigenvalue weighted by Crippen LogP contribution is -2.31. The number of hydrogen-bond donors (Lipinski definition) is 1. The van der Waals surface area contributed by atoms with Crippen molar-refractivity contribution in [3.63, 3.8) is 0 Å². The second-order valence-corrected chi connectivity index (χ2v) is 6.90. The fourth-order valence-corrected chi connectivity index (χ4v) is 4.35. The molecule has 5 heteroatoms. The highest BCUT2D eigenvalue weighted by Gasteiger charge is 2.29. The number of benzene rings is 1. The van der Waals surface area contributed by atoms with E-state index >= 15 is 0 Å². The van der Waals surface area contributed by atoms with Crippen LogP contribution < -0.4 is 5.32 Å². The molecule has 1 N–H and O–H groups in total. The molecule has 1 aliphatic heterocycles. The van der Waals surface area contributed by atoms with Crippen LogP contribution in [-0.2, 0) is 9.84 Å². The summed E-state index contributed by atoms with van der Waals surface area (Å²) in [5.74, 6) is 0. The van der Waals surface area contributed by atoms with Crippen LogP contribution in [-0.4, -0.2) is 26.8 Å². The molecular formula is C12H16ClNO2S. The highest BCUT2D eigenvalue weighted by molar-refractivity contribution is 7.92. The molecule has 1 aromatic rings. The monoisotopic (exact) mass is 273 g/mol. The van der Waals surface area contributed by atoms with Crippen molar-refractivity contribution in [2.45, 2.75) is 29.4 Å². The standard InChI is InChI=1S/C12H16ClNO2S/c13-11-6-1-2-7-12(11)17(15,16)10-5-3-4-8-14-9-10/h1-2,6-7,10,14H,3-5,8-9H2. The van der Waals surface area contributed by atoms with Gasteiger partial charge < -0.3 is 5.32 Å². The van der Waals surface area contributed by atoms with Gasteiger partial charge >= 0.3 is 0 Å². The Morgan fingerprint density at radius 3 is 2.76 bits per heavy atom. The van der Waals surface area contributed by atoms with E-state index in [1.54, 1.807) is 24.3 Å². The van der Waals surface area contributed by atoms with Gasteiger partial charge in [0.25, 0.3) is 0 Å². The summed E-state index contributed by atoms with van der Waals surface area (Å²) in [7, 11) is -3.31. The van der Waals surface area contributed by atoms with E-state index in [0.717, 1.165) is 19.4 Å². The summed E-state index contributed by atoms with van der Waals surface area (Å²) in [6.07, 6.45) is 2.69. The minimum absolute atomic E-state index is 0.260. The van der Waals surface area contributed by atoms with Crippen LogP contribution in [0.15, 0.2) is 29.2 Å². The third-order valence-corrected chi connectivity index (χ3v) is 5.77. The molecule has 3 nitrogen and oxygen atoms in total. The predicted octanol–water partition coefficient (Wildman–Crippen LogP) is 2.26. The molecule has 0 saturated carbocycles. The Hall–Kier alpha value is -0.580. The SMILES string of the molecule is O=S(=O)(c1ccccc1Cl)C1CCCCNC1. The molecule has 1 aliphatic rings. The molecule has 1 fully saturated rings. The number of nitrogens with one attached hydrogen (secondary N) is 1. The number of rotatable bonds is 2. The Kier molecular flexibility index (Phi) is 4.07. The quantitative estimate of drug-likeness (QED) is 0.899. The summed E-state index contributed by atoms with van der Waals surface area (Å²) in [6.45, 7) is 1.42. The molecule has 1 unspecified atom stereocenters. The average Bonchev–Trinajstić information content (AvgIpc) is 2.58. The summed E-state index contributed by atoms with van der Waals surface area (Å²) < 4.78 is 24.9. The van der Waals surface area contributed by atoms with Crippen LogP contribution in [0.2, 0.25) is 5.02 Å². The topological polar surface area (TPSA) is 46.2 Å². The molecule has 1 atom stereocenters. The van der Waals surface area contributed by atoms with Gasteiger partial charge in [0.15, 0.2) is 9.84 Å². The zero-order valence-electron chi connectivity index (χ0n) is 9.52. The molecular weight excluding hydrogens is 258 g/mol. The number of hydrogen-bond acceptors (Lipinski definition) is 3. The first-order chi connectivity index (χ1) is 8.12. The van der Waals surface area contributed by atoms with E-state index in [9.17, 15) is 8.42 Å². The van der Waals surface area contributed by atoms with Crippen LogP contribution in [0.3, 0.4) is 0 Å². The number of sulfone groups is 1. The normalized spacial score (nSPS) is 22.1. The van der Waals surface area contributed by atoms with Crippen LogP contribution in [0.4, 0.5) is 0 Å². The van der Waals surface area contributed by atoms with E-state index in [4.69, 9.17) is 11.6 Å². The van der Waals surface area contributed by atoms with Crippen molar-refractivity contribution in [3.8, 4) is 0 Å². The second-order valence-electron chi connectivity index (χ2n) is 4.30. The summed E-state index contributed by atoms with van der Waals surface area (Å²) in [5.41, 5.74) is 0. The second kappa shape index (κ2) is 5.38. The zero-order valence-corrected chi connectivity index (χ0v) is 11.1. The first-order valence-corrected chi connectivity index (χ1v) is 7.74. The Labute approximate surface area is 107 Å². The van der Waals surface area contributed by atoms with Crippen molar-refractivity contribution in [1.82, 2.24) is 5.32 Å². The fourth-order valence-electron chi connectivity index (χ4n) is 2.11. The van der Waals surface area contributed by atoms with E-state index in [1.807, 2.05) is 0 Å². The molecule has 0 aromatic heterocycles. The predicted molar refractivity (Wildman–Crippen MR) is 69.1 cm³/mol. The third-order valence-electron chi connectivity index (χ3n) is 3.08. The summed E-state index contributed by atoms with van der Waals surface area (Å²) in [5, 5.41) is 3.13. The van der Waals surface area contributed by atoms with Gasteiger partial charge in [-0.25, -0.2) is 8.42 Å². The highest BCUT2D eigenvalue weighted by atomic mass is 35.5. The van der Waals surface area contributed by atoms with E-state index in [2.05, 4.69) is 5.32 Å². The van der Waals surface area contributed by atoms with Crippen LogP contribution >= 0.6 is 11.6 Å². The summed E-state index contributed by atoms with van der Waals surface area (Å²) in [4.78, 5) is 0.260. The largest absolute Gasteiger partial charge is 0.315 e. The van der Waals surface area contributed by atoms with Crippen LogP contribution in [0.1, 0.15) is 19.3 Å². The lowest BCUT2D eigenvalue weighted by molar-refractivity contribution is 0.567. The van der Waals surface area contributed by atoms with Crippen LogP contribution in [0.5, 0.6) is 0 Å². The minimum Gasteiger partial charge on any atom is -0.315 e. The van der Waals surface area contributed by atoms with Crippen molar-refractivity contribution in [1.29, 1.82) is 0 Å². The van der Waals surface area contributed by atoms with Gasteiger partial charge in [-0.2, -0.15) is 0 Å². The molecule has 1 heterocycles. The minimum atomic E-state index is -3.31. The maximum absolute atomic E-state index is 12.4. The van der Waals surface area contributed by atoms with Crippen molar-refractivity contribution < 1.29 is 8.42 Å². The van der Waals surface area contributed by atoms with Gasteiger partial charge in [-0.15, -0.1) is 0 Å². The van der Waals surface area contributed by atoms with E-state index in [1.165, 1.54) is 0 Å². The molecule has 0 bridgehead atoms. The summed E-state index contributed by atoms with van der Waals surface area (Å²) in [6, 6.07) is 6.66. The molecule has 17 heavy (non-hydrogen) atoms. The van der Waals surface area contributed by atoms with Crippen molar-refractivity contribution in [3.05, 3.63) is 29.3 Å². The van der Waals surface area contributed by atoms with Gasteiger partial charge in [0.1, 0.15) is 0 Å². The molecule has 1 aromatic carbocycles. The lowest BCUT2D eigenvalue weighted by atomic mass is 10.2. The first-order valence-electron chi connectivity index (χ1n) is 5.81. The van der Waals surface area contributed by atoms with Gasteiger partial charge in [-0.05, 0) is 31.5 Å². The maximum atomic E-state index is 12.4. The lowest BCUT2D eigenvalue weighted by Gasteiger charge is -2.16. The third kappa shape index (κ3) is 2.81. The Bertz CT molecular complexity index is 479. The number of halogens is 1. The highest BCUT2D eigenvalue weighted by Crippen LogP contribution is 2.27. The molecule has 1 saturated heterocycles. The van der Waals surface area contributed by atoms with Crippen LogP contribution in [0.25, 0.3) is 0 Å². The van der Waals surface area contributed by atoms with Crippen LogP contribution in [0, 0.1) is 0 Å². The smallest absolute Gasteiger partial charge is 0.183 e. The van der Waals surface area contributed by atoms with Gasteiger partial charge in [0, 0.05) is 6.54 Å². The molecule has 0 amide bonds. The van der Waals surface area contributed by atoms with Crippen molar-refractivity contribution in [2.75, 3.05) is 13.1 Å². The Morgan fingerprint density at radius 1 is 1.24 bits per heavy atom. The van der Waals surface area contributed by atoms with Crippen molar-refractivity contribution >= 4 is 21.4 Å². The fraction of sp³-hybridized carbons (Fsp3) is 0.500. The Balaban J connectivity index is 2.32. The van der Waals surface area contributed by atoms with Gasteiger partial charge in [0.2, 0.25) is 0 Å². The Morgan fingerprint density at radius 2 is 2.00 bits per heavy atom. The molecule has 0 radical (unpaired) electrons. The molecule has 0 aliphatic carbocycles.